The molecule has 2 heterocycles. The molecule has 1 aromatic rings. The van der Waals surface area contributed by atoms with Crippen molar-refractivity contribution in [2.45, 2.75) is 16.6 Å². The fourth-order valence-corrected chi connectivity index (χ4v) is 3.79. The zero-order chi connectivity index (χ0) is 10.8. The average molecular weight is 235 g/mol. The highest BCUT2D eigenvalue weighted by Crippen LogP contribution is 2.37. The van der Waals surface area contributed by atoms with Gasteiger partial charge in [-0.1, -0.05) is 18.2 Å². The van der Waals surface area contributed by atoms with Gasteiger partial charge in [-0.3, -0.25) is 4.90 Å². The first kappa shape index (κ1) is 10.6. The van der Waals surface area contributed by atoms with Crippen molar-refractivity contribution in [3.05, 3.63) is 29.8 Å². The van der Waals surface area contributed by atoms with Crippen molar-refractivity contribution in [3.63, 3.8) is 0 Å². The first-order valence-electron chi connectivity index (χ1n) is 5.96. The number of ether oxygens (including phenoxy) is 1. The Morgan fingerprint density at radius 1 is 1.25 bits per heavy atom. The number of rotatable bonds is 2. The van der Waals surface area contributed by atoms with Gasteiger partial charge in [-0.15, -0.1) is 11.8 Å². The Balaban J connectivity index is 1.59. The molecule has 1 unspecified atom stereocenters. The fraction of sp³-hybridized carbons (Fsp3) is 0.538. The smallest absolute Gasteiger partial charge is 0.0594 e. The molecular weight excluding hydrogens is 218 g/mol. The molecule has 0 N–H and O–H groups in total. The Morgan fingerprint density at radius 3 is 2.88 bits per heavy atom. The molecule has 0 bridgehead atoms. The molecule has 16 heavy (non-hydrogen) atoms. The van der Waals surface area contributed by atoms with E-state index in [9.17, 15) is 0 Å². The second-order valence-corrected chi connectivity index (χ2v) is 5.81. The van der Waals surface area contributed by atoms with E-state index in [1.54, 1.807) is 0 Å². The van der Waals surface area contributed by atoms with Crippen LogP contribution in [0.4, 0.5) is 0 Å². The third-order valence-corrected chi connectivity index (χ3v) is 4.58. The summed E-state index contributed by atoms with van der Waals surface area (Å²) in [5.74, 6) is 0. The van der Waals surface area contributed by atoms with Gasteiger partial charge in [0.2, 0.25) is 0 Å². The standard InChI is InChI=1S/C13H17NOS/c1-2-4-13-11(3-1)9-12(16-13)10-14-5-7-15-8-6-14/h1-4,12H,5-10H2. The van der Waals surface area contributed by atoms with Gasteiger partial charge >= 0.3 is 0 Å². The highest BCUT2D eigenvalue weighted by atomic mass is 32.2. The summed E-state index contributed by atoms with van der Waals surface area (Å²) in [6.07, 6.45) is 1.23. The highest BCUT2D eigenvalue weighted by Gasteiger charge is 2.24. The van der Waals surface area contributed by atoms with E-state index in [2.05, 4.69) is 29.2 Å². The summed E-state index contributed by atoms with van der Waals surface area (Å²) in [6.45, 7) is 5.23. The van der Waals surface area contributed by atoms with Crippen LogP contribution in [0, 0.1) is 0 Å². The minimum Gasteiger partial charge on any atom is -0.379 e. The summed E-state index contributed by atoms with van der Waals surface area (Å²) in [5.41, 5.74) is 1.53. The van der Waals surface area contributed by atoms with Crippen LogP contribution in [0.25, 0.3) is 0 Å². The molecule has 1 saturated heterocycles. The molecule has 3 rings (SSSR count). The summed E-state index contributed by atoms with van der Waals surface area (Å²) in [6, 6.07) is 8.81. The van der Waals surface area contributed by atoms with Crippen molar-refractivity contribution < 1.29 is 4.74 Å². The monoisotopic (exact) mass is 235 g/mol. The molecule has 0 aliphatic carbocycles. The average Bonchev–Trinajstić information content (AvgIpc) is 2.72. The fourth-order valence-electron chi connectivity index (χ4n) is 2.43. The van der Waals surface area contributed by atoms with Crippen LogP contribution >= 0.6 is 11.8 Å². The van der Waals surface area contributed by atoms with E-state index in [0.29, 0.717) is 0 Å². The maximum absolute atomic E-state index is 5.38. The number of hydrogen-bond acceptors (Lipinski definition) is 3. The summed E-state index contributed by atoms with van der Waals surface area (Å²) >= 11 is 2.05. The third-order valence-electron chi connectivity index (χ3n) is 3.28. The van der Waals surface area contributed by atoms with Crippen molar-refractivity contribution in [1.82, 2.24) is 4.90 Å². The molecule has 2 nitrogen and oxygen atoms in total. The number of nitrogens with zero attached hydrogens (tertiary/aromatic N) is 1. The summed E-state index contributed by atoms with van der Waals surface area (Å²) in [4.78, 5) is 4.02. The van der Waals surface area contributed by atoms with E-state index in [1.807, 2.05) is 11.8 Å². The van der Waals surface area contributed by atoms with Gasteiger partial charge in [-0.25, -0.2) is 0 Å². The molecular formula is C13H17NOS. The first-order valence-corrected chi connectivity index (χ1v) is 6.84. The van der Waals surface area contributed by atoms with E-state index in [-0.39, 0.29) is 0 Å². The van der Waals surface area contributed by atoms with E-state index in [4.69, 9.17) is 4.74 Å². The largest absolute Gasteiger partial charge is 0.379 e. The van der Waals surface area contributed by atoms with Crippen molar-refractivity contribution in [3.8, 4) is 0 Å². The molecule has 1 atom stereocenters. The second kappa shape index (κ2) is 4.78. The van der Waals surface area contributed by atoms with Gasteiger partial charge in [0.1, 0.15) is 0 Å². The number of morpholine rings is 1. The Kier molecular flexibility index (Phi) is 3.18. The predicted molar refractivity (Wildman–Crippen MR) is 67.1 cm³/mol. The zero-order valence-corrected chi connectivity index (χ0v) is 10.2. The third kappa shape index (κ3) is 2.26. The van der Waals surface area contributed by atoms with Gasteiger partial charge < -0.3 is 4.74 Å². The number of benzene rings is 1. The molecule has 0 aromatic heterocycles. The van der Waals surface area contributed by atoms with Crippen molar-refractivity contribution in [2.24, 2.45) is 0 Å². The van der Waals surface area contributed by atoms with E-state index >= 15 is 0 Å². The molecule has 86 valence electrons. The van der Waals surface area contributed by atoms with Crippen LogP contribution in [0.2, 0.25) is 0 Å². The van der Waals surface area contributed by atoms with Crippen LogP contribution in [-0.4, -0.2) is 43.0 Å². The predicted octanol–water partition coefficient (Wildman–Crippen LogP) is 2.04. The lowest BCUT2D eigenvalue weighted by molar-refractivity contribution is 0.0382. The second-order valence-electron chi connectivity index (χ2n) is 4.46. The minimum absolute atomic E-state index is 0.746. The summed E-state index contributed by atoms with van der Waals surface area (Å²) in [5, 5.41) is 0.746. The Bertz CT molecular complexity index is 338. The van der Waals surface area contributed by atoms with Gasteiger partial charge in [-0.2, -0.15) is 0 Å². The lowest BCUT2D eigenvalue weighted by Crippen LogP contribution is -2.40. The van der Waals surface area contributed by atoms with E-state index in [1.165, 1.54) is 23.4 Å². The quantitative estimate of drug-likeness (QED) is 0.778. The van der Waals surface area contributed by atoms with Crippen LogP contribution in [0.3, 0.4) is 0 Å². The van der Waals surface area contributed by atoms with Gasteiger partial charge in [-0.05, 0) is 18.1 Å². The number of thioether (sulfide) groups is 1. The topological polar surface area (TPSA) is 12.5 Å². The van der Waals surface area contributed by atoms with E-state index < -0.39 is 0 Å². The molecule has 0 spiro atoms. The van der Waals surface area contributed by atoms with Crippen molar-refractivity contribution in [2.75, 3.05) is 32.8 Å². The molecule has 0 saturated carbocycles. The molecule has 0 radical (unpaired) electrons. The molecule has 1 fully saturated rings. The van der Waals surface area contributed by atoms with Crippen molar-refractivity contribution in [1.29, 1.82) is 0 Å². The molecule has 0 amide bonds. The van der Waals surface area contributed by atoms with Gasteiger partial charge in [0.15, 0.2) is 0 Å². The normalized spacial score (nSPS) is 25.6. The summed E-state index contributed by atoms with van der Waals surface area (Å²) < 4.78 is 5.38. The van der Waals surface area contributed by atoms with Crippen LogP contribution in [0.15, 0.2) is 29.2 Å². The highest BCUT2D eigenvalue weighted by molar-refractivity contribution is 8.00. The van der Waals surface area contributed by atoms with Gasteiger partial charge in [0, 0.05) is 29.8 Å². The van der Waals surface area contributed by atoms with Crippen LogP contribution in [0.5, 0.6) is 0 Å². The first-order chi connectivity index (χ1) is 7.92. The van der Waals surface area contributed by atoms with Gasteiger partial charge in [0.25, 0.3) is 0 Å². The maximum atomic E-state index is 5.38. The molecule has 3 heteroatoms. The maximum Gasteiger partial charge on any atom is 0.0594 e. The van der Waals surface area contributed by atoms with Crippen LogP contribution in [-0.2, 0) is 11.2 Å². The number of hydrogen-bond donors (Lipinski definition) is 0. The molecule has 2 aliphatic heterocycles. The zero-order valence-electron chi connectivity index (χ0n) is 9.39. The van der Waals surface area contributed by atoms with Crippen LogP contribution in [0.1, 0.15) is 5.56 Å². The lowest BCUT2D eigenvalue weighted by atomic mass is 10.1. The van der Waals surface area contributed by atoms with Crippen molar-refractivity contribution >= 4 is 11.8 Å². The molecule has 2 aliphatic rings. The summed E-state index contributed by atoms with van der Waals surface area (Å²) in [7, 11) is 0. The van der Waals surface area contributed by atoms with Crippen LogP contribution < -0.4 is 0 Å². The number of fused-ring (bicyclic) bond motifs is 1. The Hall–Kier alpha value is -0.510. The lowest BCUT2D eigenvalue weighted by Gasteiger charge is -2.28. The molecule has 1 aromatic carbocycles. The minimum atomic E-state index is 0.746. The Morgan fingerprint density at radius 2 is 2.06 bits per heavy atom. The van der Waals surface area contributed by atoms with E-state index in [0.717, 1.165) is 31.6 Å². The Labute approximate surface area is 101 Å². The van der Waals surface area contributed by atoms with Gasteiger partial charge in [0.05, 0.1) is 13.2 Å². The SMILES string of the molecule is c1ccc2c(c1)CC(CN1CCOCC1)S2.